The van der Waals surface area contributed by atoms with Crippen molar-refractivity contribution in [2.24, 2.45) is 0 Å². The van der Waals surface area contributed by atoms with E-state index in [1.54, 1.807) is 30.3 Å². The number of nitrogens with one attached hydrogen (secondary N) is 1. The molecular weight excluding hydrogens is 280 g/mol. The molecule has 1 amide bonds. The van der Waals surface area contributed by atoms with Crippen molar-refractivity contribution in [3.05, 3.63) is 35.9 Å². The van der Waals surface area contributed by atoms with E-state index in [9.17, 15) is 4.79 Å². The van der Waals surface area contributed by atoms with Crippen LogP contribution in [0.15, 0.2) is 30.3 Å². The average Bonchev–Trinajstić information content (AvgIpc) is 2.17. The first kappa shape index (κ1) is 12.9. The van der Waals surface area contributed by atoms with Crippen molar-refractivity contribution in [3.8, 4) is 0 Å². The normalized spacial score (nSPS) is 13.3. The number of alkyl halides is 4. The number of carbonyl (C=O) groups is 1. The van der Waals surface area contributed by atoms with Crippen LogP contribution in [0.1, 0.15) is 10.4 Å². The Morgan fingerprint density at radius 2 is 1.73 bits per heavy atom. The zero-order valence-electron chi connectivity index (χ0n) is 7.38. The summed E-state index contributed by atoms with van der Waals surface area (Å²) < 4.78 is -1.73. The van der Waals surface area contributed by atoms with Crippen molar-refractivity contribution in [1.29, 1.82) is 0 Å². The second-order valence-electron chi connectivity index (χ2n) is 2.74. The van der Waals surface area contributed by atoms with E-state index in [1.807, 2.05) is 0 Å². The van der Waals surface area contributed by atoms with Crippen LogP contribution in [-0.2, 0) is 0 Å². The highest BCUT2D eigenvalue weighted by Gasteiger charge is 2.32. The molecule has 1 atom stereocenters. The highest BCUT2D eigenvalue weighted by molar-refractivity contribution is 6.70. The number of hydrogen-bond donors (Lipinski definition) is 1. The molecule has 1 rings (SSSR count). The van der Waals surface area contributed by atoms with Gasteiger partial charge in [-0.2, -0.15) is 0 Å². The Labute approximate surface area is 107 Å². The van der Waals surface area contributed by atoms with E-state index in [4.69, 9.17) is 46.4 Å². The minimum Gasteiger partial charge on any atom is -0.332 e. The monoisotopic (exact) mass is 285 g/mol. The van der Waals surface area contributed by atoms with Crippen LogP contribution < -0.4 is 5.32 Å². The third-order valence-electron chi connectivity index (χ3n) is 1.58. The molecule has 1 N–H and O–H groups in total. The molecule has 0 bridgehead atoms. The SMILES string of the molecule is O=C(NC(Cl)C(Cl)(Cl)Cl)c1ccccc1. The average molecular weight is 287 g/mol. The van der Waals surface area contributed by atoms with Crippen molar-refractivity contribution >= 4 is 52.3 Å². The predicted molar refractivity (Wildman–Crippen MR) is 63.8 cm³/mol. The summed E-state index contributed by atoms with van der Waals surface area (Å²) in [5, 5.41) is 2.37. The number of hydrogen-bond acceptors (Lipinski definition) is 1. The maximum absolute atomic E-state index is 11.5. The molecule has 82 valence electrons. The molecule has 0 heterocycles. The van der Waals surface area contributed by atoms with Gasteiger partial charge in [0, 0.05) is 5.56 Å². The first-order valence-electron chi connectivity index (χ1n) is 3.98. The van der Waals surface area contributed by atoms with Gasteiger partial charge in [0.25, 0.3) is 5.91 Å². The Bertz CT molecular complexity index is 336. The summed E-state index contributed by atoms with van der Waals surface area (Å²) in [5.74, 6) is -0.387. The van der Waals surface area contributed by atoms with E-state index in [1.165, 1.54) is 0 Å². The molecule has 6 heteroatoms. The Balaban J connectivity index is 2.65. The van der Waals surface area contributed by atoms with Crippen LogP contribution in [0.5, 0.6) is 0 Å². The summed E-state index contributed by atoms with van der Waals surface area (Å²) >= 11 is 22.2. The van der Waals surface area contributed by atoms with E-state index < -0.39 is 9.29 Å². The summed E-state index contributed by atoms with van der Waals surface area (Å²) in [5.41, 5.74) is -0.618. The van der Waals surface area contributed by atoms with Gasteiger partial charge in [-0.1, -0.05) is 64.6 Å². The lowest BCUT2D eigenvalue weighted by Gasteiger charge is -2.19. The quantitative estimate of drug-likeness (QED) is 0.656. The lowest BCUT2D eigenvalue weighted by Crippen LogP contribution is -2.39. The molecule has 2 nitrogen and oxygen atoms in total. The van der Waals surface area contributed by atoms with Crippen molar-refractivity contribution in [2.45, 2.75) is 9.29 Å². The summed E-state index contributed by atoms with van der Waals surface area (Å²) in [4.78, 5) is 11.5. The topological polar surface area (TPSA) is 29.1 Å². The zero-order valence-corrected chi connectivity index (χ0v) is 10.4. The van der Waals surface area contributed by atoms with Gasteiger partial charge in [0.2, 0.25) is 3.79 Å². The minimum atomic E-state index is -1.73. The van der Waals surface area contributed by atoms with Crippen LogP contribution in [-0.4, -0.2) is 15.2 Å². The molecule has 0 radical (unpaired) electrons. The lowest BCUT2D eigenvalue weighted by molar-refractivity contribution is 0.0949. The molecule has 0 spiro atoms. The van der Waals surface area contributed by atoms with Crippen LogP contribution in [0, 0.1) is 0 Å². The zero-order chi connectivity index (χ0) is 11.5. The maximum atomic E-state index is 11.5. The second kappa shape index (κ2) is 5.26. The molecular formula is C9H7Cl4NO. The third kappa shape index (κ3) is 4.07. The number of halogens is 4. The predicted octanol–water partition coefficient (Wildman–Crippen LogP) is 3.35. The molecule has 0 aliphatic rings. The summed E-state index contributed by atoms with van der Waals surface area (Å²) in [7, 11) is 0. The van der Waals surface area contributed by atoms with Gasteiger partial charge in [-0.05, 0) is 12.1 Å². The molecule has 0 aliphatic carbocycles. The molecule has 0 fully saturated rings. The molecule has 1 unspecified atom stereocenters. The number of carbonyl (C=O) groups excluding carboxylic acids is 1. The van der Waals surface area contributed by atoms with Gasteiger partial charge < -0.3 is 5.32 Å². The van der Waals surface area contributed by atoms with E-state index in [0.29, 0.717) is 5.56 Å². The van der Waals surface area contributed by atoms with Gasteiger partial charge in [0.05, 0.1) is 0 Å². The van der Waals surface area contributed by atoms with Gasteiger partial charge >= 0.3 is 0 Å². The van der Waals surface area contributed by atoms with Crippen molar-refractivity contribution in [2.75, 3.05) is 0 Å². The summed E-state index contributed by atoms with van der Waals surface area (Å²) in [6.07, 6.45) is 0. The molecule has 0 aromatic heterocycles. The summed E-state index contributed by atoms with van der Waals surface area (Å²) in [6.45, 7) is 0. The minimum absolute atomic E-state index is 0.387. The fourth-order valence-corrected chi connectivity index (χ4v) is 1.13. The van der Waals surface area contributed by atoms with Crippen LogP contribution >= 0.6 is 46.4 Å². The smallest absolute Gasteiger partial charge is 0.252 e. The van der Waals surface area contributed by atoms with Crippen molar-refractivity contribution in [1.82, 2.24) is 5.32 Å². The van der Waals surface area contributed by atoms with Crippen molar-refractivity contribution < 1.29 is 4.79 Å². The molecule has 1 aromatic carbocycles. The standard InChI is InChI=1S/C9H7Cl4NO/c10-8(9(11,12)13)14-7(15)6-4-2-1-3-5-6/h1-5,8H,(H,14,15). The van der Waals surface area contributed by atoms with Crippen LogP contribution in [0.4, 0.5) is 0 Å². The number of benzene rings is 1. The first-order valence-corrected chi connectivity index (χ1v) is 5.55. The number of amides is 1. The third-order valence-corrected chi connectivity index (χ3v) is 3.01. The fourth-order valence-electron chi connectivity index (χ4n) is 0.870. The lowest BCUT2D eigenvalue weighted by atomic mass is 10.2. The van der Waals surface area contributed by atoms with Gasteiger partial charge in [-0.25, -0.2) is 0 Å². The Morgan fingerprint density at radius 3 is 2.20 bits per heavy atom. The molecule has 15 heavy (non-hydrogen) atoms. The van der Waals surface area contributed by atoms with Gasteiger partial charge in [0.1, 0.15) is 0 Å². The largest absolute Gasteiger partial charge is 0.332 e. The van der Waals surface area contributed by atoms with E-state index >= 15 is 0 Å². The van der Waals surface area contributed by atoms with E-state index in [-0.39, 0.29) is 5.91 Å². The second-order valence-corrected chi connectivity index (χ2v) is 5.55. The van der Waals surface area contributed by atoms with Gasteiger partial charge in [-0.15, -0.1) is 0 Å². The maximum Gasteiger partial charge on any atom is 0.252 e. The van der Waals surface area contributed by atoms with E-state index in [2.05, 4.69) is 5.32 Å². The first-order chi connectivity index (χ1) is 6.91. The van der Waals surface area contributed by atoms with E-state index in [0.717, 1.165) is 0 Å². The summed E-state index contributed by atoms with van der Waals surface area (Å²) in [6, 6.07) is 8.53. The van der Waals surface area contributed by atoms with Crippen molar-refractivity contribution in [3.63, 3.8) is 0 Å². The highest BCUT2D eigenvalue weighted by atomic mass is 35.6. The molecule has 1 aromatic rings. The van der Waals surface area contributed by atoms with Gasteiger partial charge in [0.15, 0.2) is 5.50 Å². The van der Waals surface area contributed by atoms with Crippen LogP contribution in [0.2, 0.25) is 0 Å². The number of rotatable bonds is 2. The molecule has 0 saturated heterocycles. The van der Waals surface area contributed by atoms with Gasteiger partial charge in [-0.3, -0.25) is 4.79 Å². The molecule has 0 aliphatic heterocycles. The highest BCUT2D eigenvalue weighted by Crippen LogP contribution is 2.32. The Kier molecular flexibility index (Phi) is 4.53. The van der Waals surface area contributed by atoms with Crippen LogP contribution in [0.25, 0.3) is 0 Å². The molecule has 0 saturated carbocycles. The Hall–Kier alpha value is -0.150. The Morgan fingerprint density at radius 1 is 1.20 bits per heavy atom. The fraction of sp³-hybridized carbons (Fsp3) is 0.222. The van der Waals surface area contributed by atoms with Crippen LogP contribution in [0.3, 0.4) is 0 Å².